The standard InChI is InChI=1S/C6H12O2.C3H8O.H2O/c1-3-4-5-8-6(2)7;1-3(2)4;/h3-5H2,1-2H3;3-4H,1-2H3;1H2. The van der Waals surface area contributed by atoms with Crippen LogP contribution >= 0.6 is 0 Å². The Labute approximate surface area is 80.2 Å². The van der Waals surface area contributed by atoms with Crippen molar-refractivity contribution in [2.75, 3.05) is 6.61 Å². The van der Waals surface area contributed by atoms with Gasteiger partial charge in [-0.05, 0) is 20.3 Å². The predicted molar refractivity (Wildman–Crippen MR) is 52.5 cm³/mol. The largest absolute Gasteiger partial charge is 0.466 e. The fourth-order valence-electron chi connectivity index (χ4n) is 0.360. The molecule has 0 aromatic carbocycles. The zero-order valence-corrected chi connectivity index (χ0v) is 8.96. The van der Waals surface area contributed by atoms with Crippen molar-refractivity contribution >= 4 is 5.97 Å². The van der Waals surface area contributed by atoms with E-state index in [2.05, 4.69) is 11.7 Å². The Morgan fingerprint density at radius 2 is 1.85 bits per heavy atom. The summed E-state index contributed by atoms with van der Waals surface area (Å²) < 4.78 is 4.64. The van der Waals surface area contributed by atoms with Crippen molar-refractivity contribution < 1.29 is 20.1 Å². The molecule has 13 heavy (non-hydrogen) atoms. The molecule has 0 unspecified atom stereocenters. The molecule has 0 heterocycles. The monoisotopic (exact) mass is 194 g/mol. The Balaban J connectivity index is -0.000000173. The van der Waals surface area contributed by atoms with Gasteiger partial charge in [0.15, 0.2) is 0 Å². The average Bonchev–Trinajstić information content (AvgIpc) is 1.86. The van der Waals surface area contributed by atoms with Crippen molar-refractivity contribution in [1.82, 2.24) is 0 Å². The second-order valence-electron chi connectivity index (χ2n) is 2.79. The van der Waals surface area contributed by atoms with Crippen molar-refractivity contribution in [3.05, 3.63) is 0 Å². The molecule has 4 nitrogen and oxygen atoms in total. The number of rotatable bonds is 3. The normalized spacial score (nSPS) is 8.15. The van der Waals surface area contributed by atoms with Crippen LogP contribution < -0.4 is 0 Å². The number of hydrogen-bond donors (Lipinski definition) is 1. The van der Waals surface area contributed by atoms with Crippen molar-refractivity contribution in [2.45, 2.75) is 46.6 Å². The van der Waals surface area contributed by atoms with Crippen molar-refractivity contribution in [2.24, 2.45) is 0 Å². The topological polar surface area (TPSA) is 78.0 Å². The predicted octanol–water partition coefficient (Wildman–Crippen LogP) is 0.912. The quantitative estimate of drug-likeness (QED) is 0.536. The summed E-state index contributed by atoms with van der Waals surface area (Å²) in [5.41, 5.74) is 0. The first-order valence-electron chi connectivity index (χ1n) is 4.32. The van der Waals surface area contributed by atoms with E-state index < -0.39 is 0 Å². The van der Waals surface area contributed by atoms with Gasteiger partial charge in [0.25, 0.3) is 0 Å². The van der Waals surface area contributed by atoms with Crippen molar-refractivity contribution in [3.8, 4) is 0 Å². The van der Waals surface area contributed by atoms with Crippen LogP contribution in [0.15, 0.2) is 0 Å². The van der Waals surface area contributed by atoms with Crippen LogP contribution in [0.2, 0.25) is 0 Å². The molecule has 0 aliphatic rings. The van der Waals surface area contributed by atoms with E-state index in [9.17, 15) is 4.79 Å². The average molecular weight is 194 g/mol. The molecular weight excluding hydrogens is 172 g/mol. The van der Waals surface area contributed by atoms with Crippen LogP contribution in [0.5, 0.6) is 0 Å². The first kappa shape index (κ1) is 18.2. The molecule has 0 aliphatic carbocycles. The number of aliphatic hydroxyl groups is 1. The first-order chi connectivity index (χ1) is 5.50. The van der Waals surface area contributed by atoms with Crippen LogP contribution in [0, 0.1) is 0 Å². The summed E-state index contributed by atoms with van der Waals surface area (Å²) in [6.07, 6.45) is 1.88. The fourth-order valence-corrected chi connectivity index (χ4v) is 0.360. The van der Waals surface area contributed by atoms with E-state index in [4.69, 9.17) is 5.11 Å². The molecule has 0 spiro atoms. The Hall–Kier alpha value is -0.610. The highest BCUT2D eigenvalue weighted by atomic mass is 16.5. The van der Waals surface area contributed by atoms with E-state index in [1.165, 1.54) is 6.92 Å². The highest BCUT2D eigenvalue weighted by Gasteiger charge is 1.88. The second kappa shape index (κ2) is 13.9. The minimum absolute atomic E-state index is 0. The lowest BCUT2D eigenvalue weighted by Crippen LogP contribution is -1.99. The van der Waals surface area contributed by atoms with Crippen LogP contribution in [-0.2, 0) is 9.53 Å². The van der Waals surface area contributed by atoms with Gasteiger partial charge < -0.3 is 15.3 Å². The third kappa shape index (κ3) is 52.1. The highest BCUT2D eigenvalue weighted by molar-refractivity contribution is 5.65. The molecular formula is C9H22O4. The summed E-state index contributed by atoms with van der Waals surface area (Å²) in [6.45, 7) is 7.50. The van der Waals surface area contributed by atoms with E-state index >= 15 is 0 Å². The Bertz CT molecular complexity index is 99.0. The molecule has 0 aromatic rings. The van der Waals surface area contributed by atoms with Crippen molar-refractivity contribution in [1.29, 1.82) is 0 Å². The van der Waals surface area contributed by atoms with Gasteiger partial charge in [-0.15, -0.1) is 0 Å². The molecule has 0 fully saturated rings. The van der Waals surface area contributed by atoms with E-state index in [-0.39, 0.29) is 17.5 Å². The zero-order chi connectivity index (χ0) is 9.98. The van der Waals surface area contributed by atoms with Crippen LogP contribution in [0.1, 0.15) is 40.5 Å². The number of carbonyl (C=O) groups is 1. The highest BCUT2D eigenvalue weighted by Crippen LogP contribution is 1.86. The minimum Gasteiger partial charge on any atom is -0.466 e. The SMILES string of the molecule is CC(C)O.CCCCOC(C)=O.O. The Morgan fingerprint density at radius 1 is 1.46 bits per heavy atom. The van der Waals surface area contributed by atoms with Gasteiger partial charge >= 0.3 is 5.97 Å². The number of ether oxygens (including phenoxy) is 1. The van der Waals surface area contributed by atoms with Gasteiger partial charge in [-0.1, -0.05) is 13.3 Å². The van der Waals surface area contributed by atoms with Crippen LogP contribution in [-0.4, -0.2) is 29.3 Å². The maximum Gasteiger partial charge on any atom is 0.302 e. The van der Waals surface area contributed by atoms with Gasteiger partial charge in [-0.3, -0.25) is 4.79 Å². The van der Waals surface area contributed by atoms with Crippen molar-refractivity contribution in [3.63, 3.8) is 0 Å². The third-order valence-corrected chi connectivity index (χ3v) is 0.803. The molecule has 82 valence electrons. The van der Waals surface area contributed by atoms with Crippen LogP contribution in [0.3, 0.4) is 0 Å². The molecule has 0 bridgehead atoms. The van der Waals surface area contributed by atoms with E-state index in [1.807, 2.05) is 0 Å². The third-order valence-electron chi connectivity index (χ3n) is 0.803. The molecule has 0 aromatic heterocycles. The number of carbonyl (C=O) groups excluding carboxylic acids is 1. The molecule has 3 N–H and O–H groups in total. The zero-order valence-electron chi connectivity index (χ0n) is 8.96. The summed E-state index contributed by atoms with van der Waals surface area (Å²) >= 11 is 0. The van der Waals surface area contributed by atoms with E-state index in [0.29, 0.717) is 6.61 Å². The summed E-state index contributed by atoms with van der Waals surface area (Å²) in [5.74, 6) is -0.182. The molecule has 0 radical (unpaired) electrons. The molecule has 0 saturated heterocycles. The minimum atomic E-state index is -0.182. The number of unbranched alkanes of at least 4 members (excludes halogenated alkanes) is 1. The number of aliphatic hydroxyl groups excluding tert-OH is 1. The van der Waals surface area contributed by atoms with Gasteiger partial charge in [0.2, 0.25) is 0 Å². The lowest BCUT2D eigenvalue weighted by Gasteiger charge is -1.96. The molecule has 0 rings (SSSR count). The molecule has 4 heteroatoms. The lowest BCUT2D eigenvalue weighted by atomic mass is 10.4. The van der Waals surface area contributed by atoms with Gasteiger partial charge in [0, 0.05) is 13.0 Å². The van der Waals surface area contributed by atoms with E-state index in [0.717, 1.165) is 12.8 Å². The molecule has 0 saturated carbocycles. The summed E-state index contributed by atoms with van der Waals surface area (Å²) in [5, 5.41) is 8.06. The summed E-state index contributed by atoms with van der Waals surface area (Å²) in [7, 11) is 0. The smallest absolute Gasteiger partial charge is 0.302 e. The second-order valence-corrected chi connectivity index (χ2v) is 2.79. The first-order valence-corrected chi connectivity index (χ1v) is 4.32. The maximum absolute atomic E-state index is 10.1. The lowest BCUT2D eigenvalue weighted by molar-refractivity contribution is -0.141. The Morgan fingerprint density at radius 3 is 2.08 bits per heavy atom. The summed E-state index contributed by atoms with van der Waals surface area (Å²) in [4.78, 5) is 10.1. The van der Waals surface area contributed by atoms with Crippen LogP contribution in [0.4, 0.5) is 0 Å². The molecule has 0 amide bonds. The molecule has 0 atom stereocenters. The summed E-state index contributed by atoms with van der Waals surface area (Å²) in [6, 6.07) is 0. The van der Waals surface area contributed by atoms with Gasteiger partial charge in [-0.2, -0.15) is 0 Å². The van der Waals surface area contributed by atoms with Gasteiger partial charge in [0.1, 0.15) is 0 Å². The van der Waals surface area contributed by atoms with Gasteiger partial charge in [0.05, 0.1) is 6.61 Å². The van der Waals surface area contributed by atoms with Crippen LogP contribution in [0.25, 0.3) is 0 Å². The fraction of sp³-hybridized carbons (Fsp3) is 0.889. The number of hydrogen-bond acceptors (Lipinski definition) is 3. The maximum atomic E-state index is 10.1. The van der Waals surface area contributed by atoms with E-state index in [1.54, 1.807) is 13.8 Å². The van der Waals surface area contributed by atoms with Gasteiger partial charge in [-0.25, -0.2) is 0 Å². The number of esters is 1. The Kier molecular flexibility index (Phi) is 19.6. The molecule has 0 aliphatic heterocycles.